The third kappa shape index (κ3) is 5.11. The number of anilines is 1. The average Bonchev–Trinajstić information content (AvgIpc) is 3.23. The highest BCUT2D eigenvalue weighted by molar-refractivity contribution is 9.10. The van der Waals surface area contributed by atoms with Crippen molar-refractivity contribution in [3.05, 3.63) is 74.4 Å². The maximum absolute atomic E-state index is 13.1. The second kappa shape index (κ2) is 10.8. The zero-order chi connectivity index (χ0) is 24.2. The molecule has 2 aromatic carbocycles. The molecule has 1 N–H and O–H groups in total. The summed E-state index contributed by atoms with van der Waals surface area (Å²) in [5, 5.41) is 9.25. The molecule has 1 unspecified atom stereocenters. The van der Waals surface area contributed by atoms with Gasteiger partial charge in [-0.3, -0.25) is 0 Å². The van der Waals surface area contributed by atoms with E-state index in [9.17, 15) is 4.79 Å². The van der Waals surface area contributed by atoms with Crippen LogP contribution in [0.4, 0.5) is 5.95 Å². The van der Waals surface area contributed by atoms with E-state index in [0.717, 1.165) is 22.0 Å². The van der Waals surface area contributed by atoms with Crippen molar-refractivity contribution < 1.29 is 14.3 Å². The van der Waals surface area contributed by atoms with Gasteiger partial charge < -0.3 is 14.8 Å². The molecule has 0 spiro atoms. The maximum Gasteiger partial charge on any atom is 0.338 e. The summed E-state index contributed by atoms with van der Waals surface area (Å²) in [6.07, 6.45) is 0.730. The summed E-state index contributed by atoms with van der Waals surface area (Å²) in [6, 6.07) is 12.8. The number of thioether (sulfide) groups is 1. The number of allylic oxidation sites excluding steroid dienone is 1. The number of nitrogens with zero attached hydrogens (tertiary/aromatic N) is 3. The standard InChI is InChI=1S/C24H24BrClN4O3S/c1-4-11-33-22(31)20-14(2)27-23-28-24(34-13-15-7-5-6-8-18(15)26)29-30(23)21(20)17-12-16(25)9-10-19(17)32-3/h5-10,12,21H,4,11,13H2,1-3H3,(H,27,28,29). The molecule has 3 aromatic rings. The lowest BCUT2D eigenvalue weighted by Crippen LogP contribution is -2.30. The molecular formula is C24H24BrClN4O3S. The van der Waals surface area contributed by atoms with Gasteiger partial charge in [-0.2, -0.15) is 4.98 Å². The summed E-state index contributed by atoms with van der Waals surface area (Å²) >= 11 is 11.3. The summed E-state index contributed by atoms with van der Waals surface area (Å²) in [5.74, 6) is 1.39. The number of rotatable bonds is 8. The molecule has 2 heterocycles. The van der Waals surface area contributed by atoms with Crippen LogP contribution in [0.25, 0.3) is 0 Å². The molecule has 7 nitrogen and oxygen atoms in total. The van der Waals surface area contributed by atoms with Crippen molar-refractivity contribution in [3.8, 4) is 5.75 Å². The highest BCUT2D eigenvalue weighted by atomic mass is 79.9. The topological polar surface area (TPSA) is 78.3 Å². The van der Waals surface area contributed by atoms with Gasteiger partial charge in [0.1, 0.15) is 11.8 Å². The van der Waals surface area contributed by atoms with Crippen molar-refractivity contribution in [1.29, 1.82) is 0 Å². The average molecular weight is 564 g/mol. The van der Waals surface area contributed by atoms with E-state index in [1.807, 2.05) is 56.3 Å². The third-order valence-electron chi connectivity index (χ3n) is 5.29. The maximum atomic E-state index is 13.1. The molecule has 1 aromatic heterocycles. The zero-order valence-corrected chi connectivity index (χ0v) is 22.1. The van der Waals surface area contributed by atoms with Crippen molar-refractivity contribution in [2.45, 2.75) is 37.2 Å². The summed E-state index contributed by atoms with van der Waals surface area (Å²) in [6.45, 7) is 4.14. The Bertz CT molecular complexity index is 1250. The number of ether oxygens (including phenoxy) is 2. The minimum absolute atomic E-state index is 0.334. The van der Waals surface area contributed by atoms with Gasteiger partial charge in [-0.1, -0.05) is 64.4 Å². The number of halogens is 2. The summed E-state index contributed by atoms with van der Waals surface area (Å²) < 4.78 is 13.7. The number of carbonyl (C=O) groups is 1. The van der Waals surface area contributed by atoms with Crippen LogP contribution in [0.3, 0.4) is 0 Å². The monoisotopic (exact) mass is 562 g/mol. The SMILES string of the molecule is CCCOC(=O)C1=C(C)Nc2nc(SCc3ccccc3Cl)nn2C1c1cc(Br)ccc1OC. The number of fused-ring (bicyclic) bond motifs is 1. The van der Waals surface area contributed by atoms with E-state index in [2.05, 4.69) is 26.2 Å². The van der Waals surface area contributed by atoms with Crippen LogP contribution < -0.4 is 10.1 Å². The molecular weight excluding hydrogens is 540 g/mol. The first kappa shape index (κ1) is 24.6. The number of aromatic nitrogens is 3. The molecule has 0 saturated heterocycles. The third-order valence-corrected chi connectivity index (χ3v) is 7.04. The van der Waals surface area contributed by atoms with Gasteiger partial charge in [0.05, 0.1) is 19.3 Å². The van der Waals surface area contributed by atoms with Gasteiger partial charge in [-0.15, -0.1) is 5.10 Å². The minimum atomic E-state index is -0.574. The number of methoxy groups -OCH3 is 1. The molecule has 10 heteroatoms. The van der Waals surface area contributed by atoms with Crippen molar-refractivity contribution in [2.75, 3.05) is 19.0 Å². The van der Waals surface area contributed by atoms with Gasteiger partial charge in [0.25, 0.3) is 0 Å². The Kier molecular flexibility index (Phi) is 7.85. The Hall–Kier alpha value is -2.49. The molecule has 0 aliphatic carbocycles. The van der Waals surface area contributed by atoms with Crippen LogP contribution in [0.2, 0.25) is 5.02 Å². The summed E-state index contributed by atoms with van der Waals surface area (Å²) in [5.41, 5.74) is 2.90. The van der Waals surface area contributed by atoms with Crippen LogP contribution in [0.15, 0.2) is 63.4 Å². The van der Waals surface area contributed by atoms with Gasteiger partial charge in [-0.05, 0) is 43.2 Å². The molecule has 34 heavy (non-hydrogen) atoms. The second-order valence-corrected chi connectivity index (χ2v) is 9.90. The minimum Gasteiger partial charge on any atom is -0.496 e. The van der Waals surface area contributed by atoms with Gasteiger partial charge in [0.15, 0.2) is 0 Å². The summed E-state index contributed by atoms with van der Waals surface area (Å²) in [4.78, 5) is 17.8. The number of nitrogens with one attached hydrogen (secondary N) is 1. The normalized spacial score (nSPS) is 15.0. The van der Waals surface area contributed by atoms with Gasteiger partial charge in [0.2, 0.25) is 11.1 Å². The lowest BCUT2D eigenvalue weighted by atomic mass is 9.95. The van der Waals surface area contributed by atoms with E-state index < -0.39 is 12.0 Å². The quantitative estimate of drug-likeness (QED) is 0.257. The van der Waals surface area contributed by atoms with E-state index in [-0.39, 0.29) is 0 Å². The number of carbonyl (C=O) groups excluding carboxylic acids is 1. The van der Waals surface area contributed by atoms with Gasteiger partial charge in [-0.25, -0.2) is 9.48 Å². The van der Waals surface area contributed by atoms with Crippen molar-refractivity contribution in [3.63, 3.8) is 0 Å². The van der Waals surface area contributed by atoms with Gasteiger partial charge >= 0.3 is 5.97 Å². The smallest absolute Gasteiger partial charge is 0.338 e. The van der Waals surface area contributed by atoms with Crippen LogP contribution in [0.5, 0.6) is 5.75 Å². The molecule has 1 atom stereocenters. The van der Waals surface area contributed by atoms with Crippen LogP contribution in [-0.2, 0) is 15.3 Å². The van der Waals surface area contributed by atoms with Crippen LogP contribution in [0.1, 0.15) is 37.4 Å². The number of hydrogen-bond donors (Lipinski definition) is 1. The first-order valence-electron chi connectivity index (χ1n) is 10.7. The zero-order valence-electron chi connectivity index (χ0n) is 19.0. The number of hydrogen-bond acceptors (Lipinski definition) is 7. The Labute approximate surface area is 216 Å². The van der Waals surface area contributed by atoms with E-state index in [0.29, 0.717) is 45.5 Å². The summed E-state index contributed by atoms with van der Waals surface area (Å²) in [7, 11) is 1.60. The lowest BCUT2D eigenvalue weighted by Gasteiger charge is -2.29. The van der Waals surface area contributed by atoms with Crippen LogP contribution >= 0.6 is 39.3 Å². The number of benzene rings is 2. The molecule has 0 fully saturated rings. The number of esters is 1. The predicted molar refractivity (Wildman–Crippen MR) is 137 cm³/mol. The highest BCUT2D eigenvalue weighted by Gasteiger charge is 2.37. The molecule has 0 amide bonds. The molecule has 1 aliphatic heterocycles. The molecule has 0 bridgehead atoms. The predicted octanol–water partition coefficient (Wildman–Crippen LogP) is 6.24. The first-order valence-corrected chi connectivity index (χ1v) is 12.9. The second-order valence-electron chi connectivity index (χ2n) is 7.63. The molecule has 1 aliphatic rings. The fourth-order valence-electron chi connectivity index (χ4n) is 3.69. The Balaban J connectivity index is 1.75. The van der Waals surface area contributed by atoms with E-state index in [4.69, 9.17) is 26.2 Å². The van der Waals surface area contributed by atoms with Crippen molar-refractivity contribution in [1.82, 2.24) is 14.8 Å². The highest BCUT2D eigenvalue weighted by Crippen LogP contribution is 2.41. The molecule has 0 saturated carbocycles. The van der Waals surface area contributed by atoms with Crippen molar-refractivity contribution >= 4 is 51.2 Å². The molecule has 4 rings (SSSR count). The first-order chi connectivity index (χ1) is 16.4. The Morgan fingerprint density at radius 3 is 2.82 bits per heavy atom. The van der Waals surface area contributed by atoms with E-state index in [1.165, 1.54) is 11.8 Å². The van der Waals surface area contributed by atoms with E-state index in [1.54, 1.807) is 11.8 Å². The van der Waals surface area contributed by atoms with Crippen LogP contribution in [-0.4, -0.2) is 34.5 Å². The Morgan fingerprint density at radius 2 is 2.09 bits per heavy atom. The lowest BCUT2D eigenvalue weighted by molar-refractivity contribution is -0.139. The fraction of sp³-hybridized carbons (Fsp3) is 0.292. The van der Waals surface area contributed by atoms with Crippen LogP contribution in [0, 0.1) is 0 Å². The largest absolute Gasteiger partial charge is 0.496 e. The molecule has 0 radical (unpaired) electrons. The van der Waals surface area contributed by atoms with Gasteiger partial charge in [0, 0.05) is 26.5 Å². The van der Waals surface area contributed by atoms with Crippen molar-refractivity contribution in [2.24, 2.45) is 0 Å². The Morgan fingerprint density at radius 1 is 1.29 bits per heavy atom. The fourth-order valence-corrected chi connectivity index (χ4v) is 5.19. The van der Waals surface area contributed by atoms with E-state index >= 15 is 0 Å². The molecule has 178 valence electrons.